The van der Waals surface area contributed by atoms with Crippen LogP contribution < -0.4 is 0 Å². The molecule has 0 saturated carbocycles. The number of rotatable bonds is 0. The second-order valence-electron chi connectivity index (χ2n) is 0. The molecule has 0 aliphatic carbocycles. The summed E-state index contributed by atoms with van der Waals surface area (Å²) in [5, 5.41) is 0. The summed E-state index contributed by atoms with van der Waals surface area (Å²) < 4.78 is 0. The van der Waals surface area contributed by atoms with Gasteiger partial charge in [0.25, 0.3) is 0 Å². The van der Waals surface area contributed by atoms with Crippen LogP contribution in [0.3, 0.4) is 0 Å². The molecule has 4 heavy (non-hydrogen) atoms. The molecule has 0 heterocycles. The van der Waals surface area contributed by atoms with Crippen LogP contribution in [0.15, 0.2) is 0 Å². The van der Waals surface area contributed by atoms with E-state index in [-0.39, 0.29) is 19.0 Å². The molecule has 0 amide bonds. The predicted octanol–water partition coefficient (Wildman–Crippen LogP) is -0.827. The van der Waals surface area contributed by atoms with Gasteiger partial charge in [0.15, 0.2) is 0 Å². The topological polar surface area (TPSA) is 31.5 Å². The van der Waals surface area contributed by atoms with Crippen LogP contribution in [0.4, 0.5) is 0 Å². The SMILES string of the molecule is O.[SH-].[S]=[Sb+]. The van der Waals surface area contributed by atoms with E-state index < -0.39 is 0 Å². The average molecular weight is 205 g/mol. The van der Waals surface area contributed by atoms with Crippen molar-refractivity contribution >= 4 is 43.7 Å². The van der Waals surface area contributed by atoms with Gasteiger partial charge in [-0.1, -0.05) is 0 Å². The van der Waals surface area contributed by atoms with E-state index in [1.54, 1.807) is 0 Å². The van der Waals surface area contributed by atoms with Gasteiger partial charge in [0, 0.05) is 0 Å². The minimum absolute atomic E-state index is 0. The van der Waals surface area contributed by atoms with Crippen molar-refractivity contribution in [3.05, 3.63) is 0 Å². The van der Waals surface area contributed by atoms with Gasteiger partial charge in [0.1, 0.15) is 0 Å². The molecule has 4 heteroatoms. The summed E-state index contributed by atoms with van der Waals surface area (Å²) in [5.74, 6) is 0. The zero-order chi connectivity index (χ0) is 2.00. The molecule has 0 aliphatic rings. The monoisotopic (exact) mass is 204 g/mol. The van der Waals surface area contributed by atoms with Crippen molar-refractivity contribution in [1.82, 2.24) is 0 Å². The molecule has 26 valence electrons. The van der Waals surface area contributed by atoms with Crippen molar-refractivity contribution in [2.75, 3.05) is 0 Å². The third kappa shape index (κ3) is 10.2. The third-order valence-corrected chi connectivity index (χ3v) is 0. The first-order valence-corrected chi connectivity index (χ1v) is 3.67. The first kappa shape index (κ1) is 18.3. The van der Waals surface area contributed by atoms with Gasteiger partial charge in [-0.3, -0.25) is 0 Å². The van der Waals surface area contributed by atoms with Crippen LogP contribution in [0.5, 0.6) is 0 Å². The summed E-state index contributed by atoms with van der Waals surface area (Å²) in [4.78, 5) is 0. The fraction of sp³-hybridized carbons (Fsp3) is 0. The van der Waals surface area contributed by atoms with Gasteiger partial charge in [-0.2, -0.15) is 0 Å². The summed E-state index contributed by atoms with van der Waals surface area (Å²) >= 11 is 1.33. The first-order chi connectivity index (χ1) is 1.00. The molecule has 0 rings (SSSR count). The third-order valence-electron chi connectivity index (χ3n) is 0. The minimum atomic E-state index is 0. The molecular formula is H3OS2Sb. The first-order valence-electron chi connectivity index (χ1n) is 0.183. The molecule has 0 aromatic heterocycles. The quantitative estimate of drug-likeness (QED) is 0.293. The predicted molar refractivity (Wildman–Crippen MR) is 25.7 cm³/mol. The fourth-order valence-corrected chi connectivity index (χ4v) is 0. The Labute approximate surface area is 49.1 Å². The Balaban J connectivity index is -0.00000000500. The van der Waals surface area contributed by atoms with E-state index in [0.717, 1.165) is 0 Å². The van der Waals surface area contributed by atoms with Gasteiger partial charge in [0.05, 0.1) is 0 Å². The Morgan fingerprint density at radius 2 is 1.25 bits per heavy atom. The van der Waals surface area contributed by atoms with Crippen molar-refractivity contribution in [2.24, 2.45) is 0 Å². The van der Waals surface area contributed by atoms with E-state index >= 15 is 0 Å². The molecule has 0 fully saturated rings. The van der Waals surface area contributed by atoms with Crippen LogP contribution in [0, 0.1) is 0 Å². The summed E-state index contributed by atoms with van der Waals surface area (Å²) in [6.07, 6.45) is 0. The van der Waals surface area contributed by atoms with Crippen molar-refractivity contribution in [2.45, 2.75) is 0 Å². The molecule has 2 N–H and O–H groups in total. The van der Waals surface area contributed by atoms with Gasteiger partial charge in [-0.25, -0.2) is 0 Å². The Hall–Kier alpha value is 1.35. The van der Waals surface area contributed by atoms with Gasteiger partial charge >= 0.3 is 30.2 Å². The molecule has 0 aromatic carbocycles. The van der Waals surface area contributed by atoms with E-state index in [1.807, 2.05) is 0 Å². The molecular weight excluding hydrogens is 202 g/mol. The van der Waals surface area contributed by atoms with Crippen LogP contribution in [-0.4, -0.2) is 26.5 Å². The van der Waals surface area contributed by atoms with E-state index in [4.69, 9.17) is 0 Å². The second-order valence-corrected chi connectivity index (χ2v) is 0. The second kappa shape index (κ2) is 26.8. The fourth-order valence-electron chi connectivity index (χ4n) is 0. The van der Waals surface area contributed by atoms with Crippen molar-refractivity contribution < 1.29 is 5.48 Å². The Kier molecular flexibility index (Phi) is 123. The molecule has 0 aliphatic heterocycles. The Morgan fingerprint density at radius 1 is 1.25 bits per heavy atom. The van der Waals surface area contributed by atoms with Crippen molar-refractivity contribution in [1.29, 1.82) is 0 Å². The van der Waals surface area contributed by atoms with E-state index in [2.05, 4.69) is 9.19 Å². The van der Waals surface area contributed by atoms with Gasteiger partial charge in [-0.15, -0.1) is 0 Å². The van der Waals surface area contributed by atoms with Crippen LogP contribution in [0.25, 0.3) is 0 Å². The molecule has 2 radical (unpaired) electrons. The zero-order valence-electron chi connectivity index (χ0n) is 1.80. The Morgan fingerprint density at radius 3 is 1.25 bits per heavy atom. The maximum absolute atomic E-state index is 4.13. The van der Waals surface area contributed by atoms with Gasteiger partial charge < -0.3 is 19.0 Å². The molecule has 0 unspecified atom stereocenters. The molecule has 1 nitrogen and oxygen atoms in total. The number of thiol groups is 1. The zero-order valence-corrected chi connectivity index (χ0v) is 6.07. The molecule has 0 aromatic rings. The van der Waals surface area contributed by atoms with Crippen LogP contribution in [-0.2, 0) is 13.5 Å². The van der Waals surface area contributed by atoms with Crippen LogP contribution in [0.2, 0.25) is 0 Å². The van der Waals surface area contributed by atoms with Crippen molar-refractivity contribution in [3.63, 3.8) is 0 Å². The molecule has 0 bridgehead atoms. The van der Waals surface area contributed by atoms with Gasteiger partial charge in [0.2, 0.25) is 0 Å². The van der Waals surface area contributed by atoms with Crippen LogP contribution >= 0.6 is 9.19 Å². The molecule has 0 saturated heterocycles. The Bertz CT molecular complexity index is 6.00. The summed E-state index contributed by atoms with van der Waals surface area (Å²) in [7, 11) is 4.13. The maximum atomic E-state index is 4.13. The van der Waals surface area contributed by atoms with E-state index in [1.165, 1.54) is 21.1 Å². The van der Waals surface area contributed by atoms with E-state index in [9.17, 15) is 0 Å². The number of hydrogen-bond donors (Lipinski definition) is 0. The summed E-state index contributed by atoms with van der Waals surface area (Å²) in [6, 6.07) is 0. The standard InChI is InChI=1S/H2O.H2S.S.Sb/h2*1H2;;/q;;;+1/p-1. The summed E-state index contributed by atoms with van der Waals surface area (Å²) in [5.41, 5.74) is 0. The normalized spacial score (nSPS) is 1.00. The van der Waals surface area contributed by atoms with Crippen LogP contribution in [0.1, 0.15) is 0 Å². The molecule has 0 atom stereocenters. The average Bonchev–Trinajstić information content (AvgIpc) is 1.00. The van der Waals surface area contributed by atoms with E-state index in [0.29, 0.717) is 0 Å². The van der Waals surface area contributed by atoms with Crippen molar-refractivity contribution in [3.8, 4) is 0 Å². The number of hydrogen-bond acceptors (Lipinski definition) is 2. The van der Waals surface area contributed by atoms with Gasteiger partial charge in [-0.05, 0) is 0 Å². The molecule has 0 spiro atoms. The summed E-state index contributed by atoms with van der Waals surface area (Å²) in [6.45, 7) is 0.